The summed E-state index contributed by atoms with van der Waals surface area (Å²) in [5.74, 6) is 0.622. The predicted molar refractivity (Wildman–Crippen MR) is 96.3 cm³/mol. The second kappa shape index (κ2) is 6.34. The van der Waals surface area contributed by atoms with Crippen molar-refractivity contribution in [2.75, 3.05) is 0 Å². The number of hydrogen-bond acceptors (Lipinski definition) is 3. The van der Waals surface area contributed by atoms with Crippen molar-refractivity contribution in [3.05, 3.63) is 95.3 Å². The van der Waals surface area contributed by atoms with Crippen LogP contribution in [0.25, 0.3) is 10.1 Å². The number of furan rings is 1. The normalized spacial score (nSPS) is 12.2. The molecule has 24 heavy (non-hydrogen) atoms. The highest BCUT2D eigenvalue weighted by Gasteiger charge is 2.21. The average molecular weight is 333 g/mol. The summed E-state index contributed by atoms with van der Waals surface area (Å²) in [4.78, 5) is 13.4. The van der Waals surface area contributed by atoms with Gasteiger partial charge in [0.1, 0.15) is 11.8 Å². The van der Waals surface area contributed by atoms with Crippen LogP contribution in [0.4, 0.5) is 0 Å². The maximum atomic E-state index is 12.8. The first-order valence-electron chi connectivity index (χ1n) is 7.69. The van der Waals surface area contributed by atoms with Crippen LogP contribution >= 0.6 is 11.3 Å². The molecule has 4 aromatic rings. The van der Waals surface area contributed by atoms with Crippen molar-refractivity contribution in [1.82, 2.24) is 5.32 Å². The number of amides is 1. The zero-order valence-electron chi connectivity index (χ0n) is 12.8. The summed E-state index contributed by atoms with van der Waals surface area (Å²) in [5, 5.41) is 4.18. The van der Waals surface area contributed by atoms with Gasteiger partial charge in [0.2, 0.25) is 0 Å². The van der Waals surface area contributed by atoms with Crippen molar-refractivity contribution in [1.29, 1.82) is 0 Å². The molecular weight excluding hydrogens is 318 g/mol. The third kappa shape index (κ3) is 2.84. The molecule has 4 rings (SSSR count). The Balaban J connectivity index is 1.66. The standard InChI is InChI=1S/C20H15NO2S/c22-20(18-13-15-9-4-5-11-17(15)24-18)21-19(16-10-6-12-23-16)14-7-2-1-3-8-14/h1-13,19H,(H,21,22). The molecule has 1 atom stereocenters. The average Bonchev–Trinajstić information content (AvgIpc) is 3.29. The van der Waals surface area contributed by atoms with Crippen molar-refractivity contribution >= 4 is 27.3 Å². The second-order valence-electron chi connectivity index (χ2n) is 5.48. The topological polar surface area (TPSA) is 42.2 Å². The minimum atomic E-state index is -0.307. The van der Waals surface area contributed by atoms with E-state index in [1.54, 1.807) is 6.26 Å². The Labute approximate surface area is 143 Å². The second-order valence-corrected chi connectivity index (χ2v) is 6.56. The fourth-order valence-electron chi connectivity index (χ4n) is 2.72. The van der Waals surface area contributed by atoms with E-state index in [-0.39, 0.29) is 11.9 Å². The highest BCUT2D eigenvalue weighted by atomic mass is 32.1. The number of fused-ring (bicyclic) bond motifs is 1. The fraction of sp³-hybridized carbons (Fsp3) is 0.0500. The van der Waals surface area contributed by atoms with Gasteiger partial charge in [-0.1, -0.05) is 48.5 Å². The van der Waals surface area contributed by atoms with Gasteiger partial charge in [0.15, 0.2) is 0 Å². The lowest BCUT2D eigenvalue weighted by Crippen LogP contribution is -2.28. The number of carbonyl (C=O) groups excluding carboxylic acids is 1. The van der Waals surface area contributed by atoms with E-state index in [2.05, 4.69) is 5.32 Å². The van der Waals surface area contributed by atoms with Crippen LogP contribution in [0.1, 0.15) is 27.0 Å². The molecular formula is C20H15NO2S. The molecule has 0 aliphatic carbocycles. The van der Waals surface area contributed by atoms with Crippen LogP contribution in [-0.4, -0.2) is 5.91 Å². The summed E-state index contributed by atoms with van der Waals surface area (Å²) >= 11 is 1.50. The van der Waals surface area contributed by atoms with Crippen molar-refractivity contribution < 1.29 is 9.21 Å². The molecule has 0 saturated heterocycles. The fourth-order valence-corrected chi connectivity index (χ4v) is 3.68. The van der Waals surface area contributed by atoms with E-state index in [1.165, 1.54) is 11.3 Å². The minimum absolute atomic E-state index is 0.0959. The van der Waals surface area contributed by atoms with E-state index in [1.807, 2.05) is 72.8 Å². The van der Waals surface area contributed by atoms with Crippen molar-refractivity contribution in [2.45, 2.75) is 6.04 Å². The molecule has 0 bridgehead atoms. The smallest absolute Gasteiger partial charge is 0.262 e. The summed E-state index contributed by atoms with van der Waals surface area (Å²) in [6.45, 7) is 0. The first kappa shape index (κ1) is 14.7. The molecule has 1 N–H and O–H groups in total. The Morgan fingerprint density at radius 3 is 2.50 bits per heavy atom. The molecule has 3 nitrogen and oxygen atoms in total. The molecule has 0 aliphatic heterocycles. The van der Waals surface area contributed by atoms with Crippen LogP contribution in [0.15, 0.2) is 83.5 Å². The number of hydrogen-bond donors (Lipinski definition) is 1. The van der Waals surface area contributed by atoms with Crippen LogP contribution in [0.2, 0.25) is 0 Å². The summed E-state index contributed by atoms with van der Waals surface area (Å²) in [5.41, 5.74) is 0.988. The molecule has 0 aliphatic rings. The first-order valence-corrected chi connectivity index (χ1v) is 8.51. The van der Waals surface area contributed by atoms with Gasteiger partial charge in [-0.25, -0.2) is 0 Å². The van der Waals surface area contributed by atoms with E-state index in [0.29, 0.717) is 4.88 Å². The SMILES string of the molecule is O=C(NC(c1ccccc1)c1ccco1)c1cc2ccccc2s1. The van der Waals surface area contributed by atoms with Crippen LogP contribution < -0.4 is 5.32 Å². The number of carbonyl (C=O) groups is 1. The van der Waals surface area contributed by atoms with Gasteiger partial charge in [-0.05, 0) is 35.2 Å². The Morgan fingerprint density at radius 1 is 0.958 bits per heavy atom. The van der Waals surface area contributed by atoms with E-state index < -0.39 is 0 Å². The number of benzene rings is 2. The third-order valence-corrected chi connectivity index (χ3v) is 5.00. The summed E-state index contributed by atoms with van der Waals surface area (Å²) in [6.07, 6.45) is 1.62. The molecule has 1 unspecified atom stereocenters. The predicted octanol–water partition coefficient (Wildman–Crippen LogP) is 5.01. The number of rotatable bonds is 4. The quantitative estimate of drug-likeness (QED) is 0.570. The Morgan fingerprint density at radius 2 is 1.75 bits per heavy atom. The van der Waals surface area contributed by atoms with Gasteiger partial charge in [-0.2, -0.15) is 0 Å². The number of nitrogens with one attached hydrogen (secondary N) is 1. The molecule has 0 saturated carbocycles. The molecule has 0 radical (unpaired) electrons. The lowest BCUT2D eigenvalue weighted by Gasteiger charge is -2.16. The lowest BCUT2D eigenvalue weighted by molar-refractivity contribution is 0.0943. The Kier molecular flexibility index (Phi) is 3.89. The monoisotopic (exact) mass is 333 g/mol. The van der Waals surface area contributed by atoms with Crippen LogP contribution in [0, 0.1) is 0 Å². The van der Waals surface area contributed by atoms with Gasteiger partial charge in [-0.15, -0.1) is 11.3 Å². The Hall–Kier alpha value is -2.85. The lowest BCUT2D eigenvalue weighted by atomic mass is 10.0. The Bertz CT molecular complexity index is 925. The van der Waals surface area contributed by atoms with Crippen LogP contribution in [0.3, 0.4) is 0 Å². The molecule has 0 spiro atoms. The van der Waals surface area contributed by atoms with E-state index in [9.17, 15) is 4.79 Å². The largest absolute Gasteiger partial charge is 0.467 e. The van der Waals surface area contributed by atoms with E-state index in [4.69, 9.17) is 4.42 Å². The summed E-state index contributed by atoms with van der Waals surface area (Å²) in [6, 6.07) is 23.2. The highest BCUT2D eigenvalue weighted by Crippen LogP contribution is 2.27. The van der Waals surface area contributed by atoms with Crippen molar-refractivity contribution in [3.63, 3.8) is 0 Å². The molecule has 2 aromatic heterocycles. The zero-order chi connectivity index (χ0) is 16.4. The van der Waals surface area contributed by atoms with Gasteiger partial charge >= 0.3 is 0 Å². The van der Waals surface area contributed by atoms with E-state index >= 15 is 0 Å². The zero-order valence-corrected chi connectivity index (χ0v) is 13.6. The van der Waals surface area contributed by atoms with Crippen molar-refractivity contribution in [2.24, 2.45) is 0 Å². The molecule has 1 amide bonds. The maximum Gasteiger partial charge on any atom is 0.262 e. The molecule has 4 heteroatoms. The minimum Gasteiger partial charge on any atom is -0.467 e. The maximum absolute atomic E-state index is 12.8. The van der Waals surface area contributed by atoms with Gasteiger partial charge in [-0.3, -0.25) is 4.79 Å². The summed E-state index contributed by atoms with van der Waals surface area (Å²) < 4.78 is 6.64. The highest BCUT2D eigenvalue weighted by molar-refractivity contribution is 7.20. The summed E-state index contributed by atoms with van der Waals surface area (Å²) in [7, 11) is 0. The molecule has 0 fully saturated rings. The van der Waals surface area contributed by atoms with Crippen LogP contribution in [0.5, 0.6) is 0 Å². The number of thiophene rings is 1. The van der Waals surface area contributed by atoms with Gasteiger partial charge in [0, 0.05) is 4.70 Å². The van der Waals surface area contributed by atoms with Gasteiger partial charge in [0.25, 0.3) is 5.91 Å². The first-order chi connectivity index (χ1) is 11.8. The van der Waals surface area contributed by atoms with Crippen molar-refractivity contribution in [3.8, 4) is 0 Å². The molecule has 118 valence electrons. The van der Waals surface area contributed by atoms with Gasteiger partial charge in [0.05, 0.1) is 11.1 Å². The van der Waals surface area contributed by atoms with Crippen LogP contribution in [-0.2, 0) is 0 Å². The molecule has 2 aromatic carbocycles. The molecule has 2 heterocycles. The van der Waals surface area contributed by atoms with E-state index in [0.717, 1.165) is 21.4 Å². The van der Waals surface area contributed by atoms with Gasteiger partial charge < -0.3 is 9.73 Å². The third-order valence-electron chi connectivity index (χ3n) is 3.89.